The first kappa shape index (κ1) is 30.6. The minimum absolute atomic E-state index is 0.0605. The molecule has 42 heavy (non-hydrogen) atoms. The number of nitrogens with two attached hydrogens (primary N) is 2. The lowest BCUT2D eigenvalue weighted by Gasteiger charge is -2.30. The zero-order valence-corrected chi connectivity index (χ0v) is 23.4. The molecule has 2 aromatic carbocycles. The number of nitrogens with zero attached hydrogens (tertiary/aromatic N) is 2. The maximum Gasteiger partial charge on any atom is 0.387 e. The van der Waals surface area contributed by atoms with Crippen molar-refractivity contribution in [3.63, 3.8) is 0 Å². The van der Waals surface area contributed by atoms with Gasteiger partial charge in [-0.05, 0) is 85.0 Å². The quantitative estimate of drug-likeness (QED) is 0.0934. The van der Waals surface area contributed by atoms with Gasteiger partial charge < -0.3 is 32.2 Å². The van der Waals surface area contributed by atoms with Gasteiger partial charge in [0.05, 0.1) is 0 Å². The molecular formula is C31H38F2N8O. The first-order chi connectivity index (χ1) is 20.4. The number of ether oxygens (including phenoxy) is 1. The largest absolute Gasteiger partial charge is 0.435 e. The van der Waals surface area contributed by atoms with Crippen molar-refractivity contribution >= 4 is 23.5 Å². The molecule has 0 saturated heterocycles. The molecule has 222 valence electrons. The van der Waals surface area contributed by atoms with Crippen molar-refractivity contribution in [3.8, 4) is 5.75 Å². The molecule has 8 N–H and O–H groups in total. The van der Waals surface area contributed by atoms with Gasteiger partial charge in [0.1, 0.15) is 17.3 Å². The number of nitrogen functional groups attached to an aromatic ring is 2. The third-order valence-electron chi connectivity index (χ3n) is 7.69. The van der Waals surface area contributed by atoms with Gasteiger partial charge in [0.15, 0.2) is 5.82 Å². The summed E-state index contributed by atoms with van der Waals surface area (Å²) in [6.07, 6.45) is 7.98. The number of halogens is 2. The van der Waals surface area contributed by atoms with E-state index in [-0.39, 0.29) is 29.0 Å². The lowest BCUT2D eigenvalue weighted by molar-refractivity contribution is -0.0498. The second kappa shape index (κ2) is 15.0. The molecule has 1 aliphatic rings. The van der Waals surface area contributed by atoms with E-state index in [2.05, 4.69) is 49.7 Å². The summed E-state index contributed by atoms with van der Waals surface area (Å²) in [5.74, 6) is 0.577. The van der Waals surface area contributed by atoms with Crippen LogP contribution < -0.4 is 26.8 Å². The molecule has 0 spiro atoms. The molecule has 0 bridgehead atoms. The van der Waals surface area contributed by atoms with Gasteiger partial charge in [0.25, 0.3) is 0 Å². The Balaban J connectivity index is 1.45. The summed E-state index contributed by atoms with van der Waals surface area (Å²) in [4.78, 5) is 4.06. The average Bonchev–Trinajstić information content (AvgIpc) is 2.98. The molecule has 3 aromatic rings. The van der Waals surface area contributed by atoms with Crippen LogP contribution in [0.25, 0.3) is 0 Å². The van der Waals surface area contributed by atoms with E-state index in [4.69, 9.17) is 22.4 Å². The van der Waals surface area contributed by atoms with E-state index in [1.807, 2.05) is 6.07 Å². The van der Waals surface area contributed by atoms with Crippen LogP contribution in [-0.4, -0.2) is 30.4 Å². The molecule has 1 atom stereocenters. The molecule has 1 aliphatic carbocycles. The van der Waals surface area contributed by atoms with Crippen LogP contribution in [-0.2, 0) is 6.54 Å². The Kier molecular flexibility index (Phi) is 10.9. The standard InChI is InChI=1S/C31H38F2N8O/c32-31(33)42-25-8-4-5-20(15-25)18-38-19-23(17-34)26(27-16-28(35)40-30(36)29(27)41-37)13-14-39-24-11-9-22(10-12-24)21-6-2-1-3-7-21/h1-8,15-17,19,22,24,26,31,34,37-39H,9-14,18H2,(H4,35,36,40)/b23-19+,34-17?,41-37?/t22-,24-,26-/m1/s1. The SMILES string of the molecule is N=C/C(=C\NCc1cccc(OC(F)F)c1)[C@@H](CCN[C@H]1CC[C@H](c2ccccc2)CC1)c1cc(N)nc(N)c1N=N. The zero-order valence-electron chi connectivity index (χ0n) is 23.4. The van der Waals surface area contributed by atoms with E-state index in [0.29, 0.717) is 42.6 Å². The lowest BCUT2D eigenvalue weighted by atomic mass is 9.81. The third kappa shape index (κ3) is 8.32. The Bertz CT molecular complexity index is 1360. The number of anilines is 2. The van der Waals surface area contributed by atoms with Crippen molar-refractivity contribution in [1.29, 1.82) is 10.9 Å². The van der Waals surface area contributed by atoms with Crippen LogP contribution >= 0.6 is 0 Å². The fourth-order valence-electron chi connectivity index (χ4n) is 5.64. The van der Waals surface area contributed by atoms with Gasteiger partial charge in [0.2, 0.25) is 0 Å². The summed E-state index contributed by atoms with van der Waals surface area (Å²) < 4.78 is 29.7. The Labute approximate surface area is 244 Å². The molecule has 1 aromatic heterocycles. The predicted octanol–water partition coefficient (Wildman–Crippen LogP) is 6.62. The summed E-state index contributed by atoms with van der Waals surface area (Å²) in [5.41, 5.74) is 23.4. The fourth-order valence-corrected chi connectivity index (χ4v) is 5.64. The molecule has 1 fully saturated rings. The zero-order chi connectivity index (χ0) is 29.9. The molecule has 0 aliphatic heterocycles. The van der Waals surface area contributed by atoms with E-state index in [0.717, 1.165) is 31.2 Å². The lowest BCUT2D eigenvalue weighted by Crippen LogP contribution is -2.34. The summed E-state index contributed by atoms with van der Waals surface area (Å²) in [6, 6.07) is 19.1. The highest BCUT2D eigenvalue weighted by Gasteiger charge is 2.25. The Morgan fingerprint density at radius 2 is 1.83 bits per heavy atom. The van der Waals surface area contributed by atoms with Crippen molar-refractivity contribution in [2.75, 3.05) is 18.0 Å². The minimum Gasteiger partial charge on any atom is -0.435 e. The van der Waals surface area contributed by atoms with Crippen LogP contribution in [0, 0.1) is 10.9 Å². The molecule has 0 amide bonds. The molecule has 4 rings (SSSR count). The van der Waals surface area contributed by atoms with E-state index >= 15 is 0 Å². The first-order valence-corrected chi connectivity index (χ1v) is 14.1. The van der Waals surface area contributed by atoms with Gasteiger partial charge in [-0.1, -0.05) is 42.5 Å². The highest BCUT2D eigenvalue weighted by molar-refractivity contribution is 5.80. The predicted molar refractivity (Wildman–Crippen MR) is 161 cm³/mol. The van der Waals surface area contributed by atoms with Crippen molar-refractivity contribution in [2.24, 2.45) is 5.11 Å². The van der Waals surface area contributed by atoms with Crippen molar-refractivity contribution in [2.45, 2.75) is 63.1 Å². The smallest absolute Gasteiger partial charge is 0.387 e. The van der Waals surface area contributed by atoms with Crippen LogP contribution in [0.1, 0.15) is 60.6 Å². The highest BCUT2D eigenvalue weighted by atomic mass is 19.3. The van der Waals surface area contributed by atoms with E-state index < -0.39 is 6.61 Å². The molecule has 1 saturated carbocycles. The van der Waals surface area contributed by atoms with Gasteiger partial charge in [-0.3, -0.25) is 0 Å². The van der Waals surface area contributed by atoms with Crippen molar-refractivity contribution < 1.29 is 13.5 Å². The Hall–Kier alpha value is -4.38. The third-order valence-corrected chi connectivity index (χ3v) is 7.69. The van der Waals surface area contributed by atoms with Crippen LogP contribution in [0.15, 0.2) is 77.6 Å². The summed E-state index contributed by atoms with van der Waals surface area (Å²) in [6.45, 7) is -1.91. The van der Waals surface area contributed by atoms with Crippen LogP contribution in [0.2, 0.25) is 0 Å². The van der Waals surface area contributed by atoms with E-state index in [1.165, 1.54) is 23.9 Å². The normalized spacial score (nSPS) is 17.9. The van der Waals surface area contributed by atoms with Gasteiger partial charge in [-0.15, -0.1) is 0 Å². The van der Waals surface area contributed by atoms with Crippen LogP contribution in [0.5, 0.6) is 5.75 Å². The summed E-state index contributed by atoms with van der Waals surface area (Å²) in [5, 5.41) is 18.7. The number of nitrogens with one attached hydrogen (secondary N) is 4. The van der Waals surface area contributed by atoms with Gasteiger partial charge >= 0.3 is 6.61 Å². The number of rotatable bonds is 14. The summed E-state index contributed by atoms with van der Waals surface area (Å²) >= 11 is 0. The van der Waals surface area contributed by atoms with Gasteiger partial charge in [-0.25, -0.2) is 10.5 Å². The van der Waals surface area contributed by atoms with Gasteiger partial charge in [0, 0.05) is 30.9 Å². The maximum absolute atomic E-state index is 12.6. The molecule has 11 heteroatoms. The number of hydrogen-bond acceptors (Lipinski definition) is 9. The molecule has 0 radical (unpaired) electrons. The molecule has 0 unspecified atom stereocenters. The molecule has 1 heterocycles. The topological polar surface area (TPSA) is 158 Å². The van der Waals surface area contributed by atoms with Crippen LogP contribution in [0.4, 0.5) is 26.1 Å². The summed E-state index contributed by atoms with van der Waals surface area (Å²) in [7, 11) is 0. The first-order valence-electron chi connectivity index (χ1n) is 14.1. The van der Waals surface area contributed by atoms with Crippen LogP contribution in [0.3, 0.4) is 0 Å². The Morgan fingerprint density at radius 3 is 2.52 bits per heavy atom. The number of hydrogen-bond donors (Lipinski definition) is 6. The van der Waals surface area contributed by atoms with Gasteiger partial charge in [-0.2, -0.15) is 13.9 Å². The number of aromatic nitrogens is 1. The number of pyridine rings is 1. The maximum atomic E-state index is 12.6. The van der Waals surface area contributed by atoms with Crippen molar-refractivity contribution in [1.82, 2.24) is 15.6 Å². The van der Waals surface area contributed by atoms with Crippen molar-refractivity contribution in [3.05, 3.63) is 89.1 Å². The molecular weight excluding hydrogens is 538 g/mol. The number of allylic oxidation sites excluding steroid dienone is 1. The highest BCUT2D eigenvalue weighted by Crippen LogP contribution is 2.38. The minimum atomic E-state index is -2.90. The van der Waals surface area contributed by atoms with E-state index in [1.54, 1.807) is 24.4 Å². The second-order valence-electron chi connectivity index (χ2n) is 10.4. The Morgan fingerprint density at radius 1 is 1.07 bits per heavy atom. The monoisotopic (exact) mass is 576 g/mol. The average molecular weight is 577 g/mol. The second-order valence-corrected chi connectivity index (χ2v) is 10.4. The number of benzene rings is 2. The molecule has 9 nitrogen and oxygen atoms in total. The number of alkyl halides is 2. The fraction of sp³-hybridized carbons (Fsp3) is 0.355. The van der Waals surface area contributed by atoms with E-state index in [9.17, 15) is 8.78 Å².